The first-order chi connectivity index (χ1) is 13.5. The van der Waals surface area contributed by atoms with Crippen LogP contribution in [-0.2, 0) is 9.84 Å². The smallest absolute Gasteiger partial charge is 0.232 e. The fraction of sp³-hybridized carbons (Fsp3) is 0.158. The van der Waals surface area contributed by atoms with Crippen LogP contribution in [0, 0.1) is 29.9 Å². The molecule has 3 rings (SSSR count). The molecule has 10 heteroatoms. The minimum atomic E-state index is -4.18. The Labute approximate surface area is 163 Å². The van der Waals surface area contributed by atoms with Gasteiger partial charge < -0.3 is 0 Å². The lowest BCUT2D eigenvalue weighted by Crippen LogP contribution is -2.08. The number of hydrogen-bond donors (Lipinski definition) is 0. The first kappa shape index (κ1) is 20.5. The summed E-state index contributed by atoms with van der Waals surface area (Å²) in [7, 11) is -4.18. The van der Waals surface area contributed by atoms with Crippen LogP contribution in [0.15, 0.2) is 41.3 Å². The molecule has 0 saturated heterocycles. The van der Waals surface area contributed by atoms with E-state index >= 15 is 0 Å². The SMILES string of the molecule is Cc1cc(-c2cc(C(F)F)nn2-c2cc(F)c(S(C)(=O)=O)c(F)c2)ccc1C#N. The molecule has 0 aliphatic rings. The van der Waals surface area contributed by atoms with Crippen molar-refractivity contribution >= 4 is 9.84 Å². The highest BCUT2D eigenvalue weighted by atomic mass is 32.2. The van der Waals surface area contributed by atoms with Gasteiger partial charge in [0.25, 0.3) is 6.43 Å². The third-order valence-electron chi connectivity index (χ3n) is 4.19. The third-order valence-corrected chi connectivity index (χ3v) is 5.32. The van der Waals surface area contributed by atoms with Crippen LogP contribution in [0.25, 0.3) is 16.9 Å². The van der Waals surface area contributed by atoms with Crippen molar-refractivity contribution in [1.29, 1.82) is 5.26 Å². The van der Waals surface area contributed by atoms with E-state index in [-0.39, 0.29) is 11.4 Å². The number of aryl methyl sites for hydroxylation is 1. The van der Waals surface area contributed by atoms with E-state index in [0.29, 0.717) is 35.1 Å². The van der Waals surface area contributed by atoms with Crippen molar-refractivity contribution in [3.05, 3.63) is 64.9 Å². The van der Waals surface area contributed by atoms with Crippen molar-refractivity contribution in [2.24, 2.45) is 0 Å². The number of nitrogens with zero attached hydrogens (tertiary/aromatic N) is 3. The van der Waals surface area contributed by atoms with Gasteiger partial charge in [-0.15, -0.1) is 0 Å². The summed E-state index contributed by atoms with van der Waals surface area (Å²) in [6.45, 7) is 1.65. The molecule has 1 aromatic heterocycles. The molecular formula is C19H13F4N3O2S. The van der Waals surface area contributed by atoms with Crippen LogP contribution in [0.4, 0.5) is 17.6 Å². The number of benzene rings is 2. The molecule has 0 radical (unpaired) electrons. The zero-order valence-corrected chi connectivity index (χ0v) is 15.9. The number of rotatable bonds is 4. The Bertz CT molecular complexity index is 1240. The molecule has 0 amide bonds. The Kier molecular flexibility index (Phi) is 5.19. The summed E-state index contributed by atoms with van der Waals surface area (Å²) < 4.78 is 79.1. The van der Waals surface area contributed by atoms with Gasteiger partial charge in [0.05, 0.1) is 23.0 Å². The molecule has 0 spiro atoms. The minimum Gasteiger partial charge on any atom is -0.232 e. The minimum absolute atomic E-state index is 0.0961. The summed E-state index contributed by atoms with van der Waals surface area (Å²) in [5.74, 6) is -2.72. The maximum absolute atomic E-state index is 14.3. The molecule has 0 fully saturated rings. The van der Waals surface area contributed by atoms with Gasteiger partial charge in [-0.1, -0.05) is 6.07 Å². The Morgan fingerprint density at radius 1 is 1.10 bits per heavy atom. The molecule has 0 unspecified atom stereocenters. The third kappa shape index (κ3) is 3.86. The van der Waals surface area contributed by atoms with Crippen LogP contribution >= 0.6 is 0 Å². The van der Waals surface area contributed by atoms with E-state index in [4.69, 9.17) is 5.26 Å². The molecule has 0 aliphatic carbocycles. The van der Waals surface area contributed by atoms with Crippen molar-refractivity contribution in [2.75, 3.05) is 6.26 Å². The van der Waals surface area contributed by atoms with Gasteiger partial charge in [0.1, 0.15) is 22.2 Å². The molecule has 0 saturated carbocycles. The first-order valence-electron chi connectivity index (χ1n) is 8.11. The largest absolute Gasteiger partial charge is 0.282 e. The lowest BCUT2D eigenvalue weighted by molar-refractivity contribution is 0.145. The summed E-state index contributed by atoms with van der Waals surface area (Å²) in [5.41, 5.74) is 0.531. The van der Waals surface area contributed by atoms with Gasteiger partial charge in [-0.3, -0.25) is 0 Å². The molecule has 150 valence electrons. The van der Waals surface area contributed by atoms with E-state index in [1.807, 2.05) is 6.07 Å². The number of aromatic nitrogens is 2. The molecule has 0 bridgehead atoms. The van der Waals surface area contributed by atoms with Gasteiger partial charge in [0.2, 0.25) is 0 Å². The summed E-state index contributed by atoms with van der Waals surface area (Å²) in [6.07, 6.45) is -2.29. The van der Waals surface area contributed by atoms with Crippen LogP contribution in [0.2, 0.25) is 0 Å². The van der Waals surface area contributed by atoms with Crippen molar-refractivity contribution in [2.45, 2.75) is 18.2 Å². The molecule has 5 nitrogen and oxygen atoms in total. The van der Waals surface area contributed by atoms with Crippen LogP contribution in [0.1, 0.15) is 23.2 Å². The van der Waals surface area contributed by atoms with E-state index in [1.54, 1.807) is 13.0 Å². The normalized spacial score (nSPS) is 11.7. The first-order valence-corrected chi connectivity index (χ1v) is 10.0. The fourth-order valence-corrected chi connectivity index (χ4v) is 3.71. The second-order valence-corrected chi connectivity index (χ2v) is 8.27. The van der Waals surface area contributed by atoms with Crippen LogP contribution in [-0.4, -0.2) is 24.5 Å². The average Bonchev–Trinajstić information content (AvgIpc) is 3.05. The van der Waals surface area contributed by atoms with E-state index in [0.717, 1.165) is 10.7 Å². The zero-order valence-electron chi connectivity index (χ0n) is 15.1. The monoisotopic (exact) mass is 423 g/mol. The highest BCUT2D eigenvalue weighted by Gasteiger charge is 2.24. The standard InChI is InChI=1S/C19H13F4N3O2S/c1-10-5-11(3-4-12(10)9-24)17-8-16(19(22)23)25-26(17)13-6-14(20)18(15(21)7-13)29(2,27)28/h3-8,19H,1-2H3. The second kappa shape index (κ2) is 7.33. The Morgan fingerprint density at radius 2 is 1.72 bits per heavy atom. The number of halogens is 4. The zero-order chi connectivity index (χ0) is 21.5. The predicted octanol–water partition coefficient (Wildman–Crippen LogP) is 4.34. The van der Waals surface area contributed by atoms with Gasteiger partial charge in [0, 0.05) is 24.0 Å². The molecular weight excluding hydrogens is 410 g/mol. The van der Waals surface area contributed by atoms with Crippen molar-refractivity contribution < 1.29 is 26.0 Å². The Balaban J connectivity index is 2.26. The van der Waals surface area contributed by atoms with E-state index in [9.17, 15) is 26.0 Å². The van der Waals surface area contributed by atoms with Crippen molar-refractivity contribution in [3.63, 3.8) is 0 Å². The van der Waals surface area contributed by atoms with E-state index in [1.165, 1.54) is 12.1 Å². The van der Waals surface area contributed by atoms with Gasteiger partial charge in [-0.25, -0.2) is 30.7 Å². The Hall–Kier alpha value is -3.19. The van der Waals surface area contributed by atoms with Gasteiger partial charge in [0.15, 0.2) is 9.84 Å². The van der Waals surface area contributed by atoms with Gasteiger partial charge in [-0.05, 0) is 30.7 Å². The second-order valence-electron chi connectivity index (χ2n) is 6.32. The molecule has 0 N–H and O–H groups in total. The molecule has 1 heterocycles. The van der Waals surface area contributed by atoms with Gasteiger partial charge >= 0.3 is 0 Å². The predicted molar refractivity (Wildman–Crippen MR) is 96.4 cm³/mol. The number of hydrogen-bond acceptors (Lipinski definition) is 4. The summed E-state index contributed by atoms with van der Waals surface area (Å²) in [6, 6.07) is 8.99. The summed E-state index contributed by atoms with van der Waals surface area (Å²) in [5, 5.41) is 12.8. The molecule has 3 aromatic rings. The highest BCUT2D eigenvalue weighted by molar-refractivity contribution is 7.90. The van der Waals surface area contributed by atoms with Crippen LogP contribution in [0.5, 0.6) is 0 Å². The van der Waals surface area contributed by atoms with E-state index in [2.05, 4.69) is 5.10 Å². The summed E-state index contributed by atoms with van der Waals surface area (Å²) in [4.78, 5) is -1.11. The average molecular weight is 423 g/mol. The molecule has 0 atom stereocenters. The lowest BCUT2D eigenvalue weighted by Gasteiger charge is -2.11. The number of sulfone groups is 1. The quantitative estimate of drug-likeness (QED) is 0.585. The molecule has 29 heavy (non-hydrogen) atoms. The molecule has 0 aliphatic heterocycles. The topological polar surface area (TPSA) is 75.8 Å². The fourth-order valence-electron chi connectivity index (χ4n) is 2.88. The van der Waals surface area contributed by atoms with Crippen LogP contribution < -0.4 is 0 Å². The van der Waals surface area contributed by atoms with Crippen molar-refractivity contribution in [3.8, 4) is 23.0 Å². The lowest BCUT2D eigenvalue weighted by atomic mass is 10.0. The van der Waals surface area contributed by atoms with E-state index < -0.39 is 38.5 Å². The van der Waals surface area contributed by atoms with Crippen molar-refractivity contribution in [1.82, 2.24) is 9.78 Å². The number of nitriles is 1. The van der Waals surface area contributed by atoms with Crippen LogP contribution in [0.3, 0.4) is 0 Å². The van der Waals surface area contributed by atoms with Gasteiger partial charge in [-0.2, -0.15) is 10.4 Å². The maximum Gasteiger partial charge on any atom is 0.282 e. The summed E-state index contributed by atoms with van der Waals surface area (Å²) >= 11 is 0. The Morgan fingerprint density at radius 3 is 2.21 bits per heavy atom. The number of alkyl halides is 2. The molecule has 2 aromatic carbocycles. The maximum atomic E-state index is 14.3. The highest BCUT2D eigenvalue weighted by Crippen LogP contribution is 2.31.